The molecule has 1 nitrogen and oxygen atoms in total. The summed E-state index contributed by atoms with van der Waals surface area (Å²) in [5.74, 6) is -2.78. The van der Waals surface area contributed by atoms with E-state index in [0.29, 0.717) is 12.8 Å². The summed E-state index contributed by atoms with van der Waals surface area (Å²) in [6, 6.07) is 0. The summed E-state index contributed by atoms with van der Waals surface area (Å²) in [4.78, 5) is 0. The molecule has 0 fully saturated rings. The highest BCUT2D eigenvalue weighted by Gasteiger charge is 2.20. The van der Waals surface area contributed by atoms with Gasteiger partial charge in [0.05, 0.1) is 6.17 Å². The third-order valence-electron chi connectivity index (χ3n) is 1.25. The van der Waals surface area contributed by atoms with Crippen LogP contribution in [-0.4, -0.2) is 25.3 Å². The van der Waals surface area contributed by atoms with Crippen LogP contribution < -0.4 is 0 Å². The summed E-state index contributed by atoms with van der Waals surface area (Å²) in [5, 5.41) is 0. The van der Waals surface area contributed by atoms with Crippen molar-refractivity contribution in [3.05, 3.63) is 0 Å². The zero-order chi connectivity index (χ0) is 9.61. The Kier molecular flexibility index (Phi) is 5.29. The molecule has 0 amide bonds. The number of ether oxygens (including phenoxy) is 1. The topological polar surface area (TPSA) is 9.23 Å². The van der Waals surface area contributed by atoms with Gasteiger partial charge in [-0.25, -0.2) is 13.2 Å². The van der Waals surface area contributed by atoms with Crippen molar-refractivity contribution in [1.82, 2.24) is 0 Å². The second kappa shape index (κ2) is 5.41. The van der Waals surface area contributed by atoms with E-state index in [0.717, 1.165) is 6.92 Å². The largest absolute Gasteiger partial charge is 0.375 e. The van der Waals surface area contributed by atoms with Gasteiger partial charge in [0.1, 0.15) is 6.61 Å². The summed E-state index contributed by atoms with van der Waals surface area (Å²) >= 11 is 0. The lowest BCUT2D eigenvalue weighted by Gasteiger charge is -2.10. The molecule has 4 heteroatoms. The van der Waals surface area contributed by atoms with Crippen molar-refractivity contribution in [2.75, 3.05) is 13.2 Å². The molecule has 0 aliphatic carbocycles. The van der Waals surface area contributed by atoms with Gasteiger partial charge in [-0.05, 0) is 19.8 Å². The van der Waals surface area contributed by atoms with E-state index < -0.39 is 18.7 Å². The number of alkyl halides is 3. The maximum Gasteiger partial charge on any atom is 0.268 e. The molecule has 0 heterocycles. The number of halogens is 3. The lowest BCUT2D eigenvalue weighted by atomic mass is 10.2. The van der Waals surface area contributed by atoms with Crippen LogP contribution in [0.1, 0.15) is 26.7 Å². The second-order valence-corrected chi connectivity index (χ2v) is 3.05. The fraction of sp³-hybridized carbons (Fsp3) is 1.00. The zero-order valence-electron chi connectivity index (χ0n) is 7.45. The Balaban J connectivity index is 3.12. The van der Waals surface area contributed by atoms with Crippen LogP contribution in [0.2, 0.25) is 0 Å². The maximum absolute atomic E-state index is 12.2. The average Bonchev–Trinajstić information content (AvgIpc) is 1.83. The molecule has 0 aromatic heterocycles. The molecular weight excluding hydrogens is 169 g/mol. The van der Waals surface area contributed by atoms with Crippen LogP contribution in [0.4, 0.5) is 13.2 Å². The highest BCUT2D eigenvalue weighted by Crippen LogP contribution is 2.11. The van der Waals surface area contributed by atoms with Crippen molar-refractivity contribution in [1.29, 1.82) is 0 Å². The smallest absolute Gasteiger partial charge is 0.268 e. The molecule has 74 valence electrons. The first-order valence-electron chi connectivity index (χ1n) is 4.01. The SMILES string of the molecule is CC(F)CCCOCC(C)(F)F. The molecule has 0 saturated carbocycles. The van der Waals surface area contributed by atoms with Gasteiger partial charge in [0, 0.05) is 13.5 Å². The van der Waals surface area contributed by atoms with Gasteiger partial charge in [-0.2, -0.15) is 0 Å². The standard InChI is InChI=1S/C8H15F3O/c1-7(9)4-3-5-12-6-8(2,10)11/h7H,3-6H2,1-2H3. The first-order chi connectivity index (χ1) is 5.42. The third-order valence-corrected chi connectivity index (χ3v) is 1.25. The van der Waals surface area contributed by atoms with Crippen LogP contribution in [0.3, 0.4) is 0 Å². The molecule has 0 aliphatic heterocycles. The van der Waals surface area contributed by atoms with Gasteiger partial charge in [0.2, 0.25) is 0 Å². The van der Waals surface area contributed by atoms with Crippen molar-refractivity contribution >= 4 is 0 Å². The van der Waals surface area contributed by atoms with Crippen LogP contribution >= 0.6 is 0 Å². The second-order valence-electron chi connectivity index (χ2n) is 3.05. The number of hydrogen-bond acceptors (Lipinski definition) is 1. The van der Waals surface area contributed by atoms with Gasteiger partial charge in [-0.1, -0.05) is 0 Å². The maximum atomic E-state index is 12.2. The van der Waals surface area contributed by atoms with Gasteiger partial charge in [-0.15, -0.1) is 0 Å². The molecule has 0 bridgehead atoms. The molecule has 0 aromatic carbocycles. The van der Waals surface area contributed by atoms with Crippen molar-refractivity contribution < 1.29 is 17.9 Å². The Hall–Kier alpha value is -0.250. The van der Waals surface area contributed by atoms with E-state index in [1.807, 2.05) is 0 Å². The Bertz CT molecular complexity index is 109. The lowest BCUT2D eigenvalue weighted by Crippen LogP contribution is -2.19. The summed E-state index contributed by atoms with van der Waals surface area (Å²) in [6.07, 6.45) is -0.0148. The summed E-state index contributed by atoms with van der Waals surface area (Å²) < 4.78 is 41.0. The van der Waals surface area contributed by atoms with Crippen molar-refractivity contribution in [2.24, 2.45) is 0 Å². The fourth-order valence-corrected chi connectivity index (χ4v) is 0.718. The van der Waals surface area contributed by atoms with Crippen LogP contribution in [0.15, 0.2) is 0 Å². The molecular formula is C8H15F3O. The summed E-state index contributed by atoms with van der Waals surface area (Å²) in [6.45, 7) is 1.87. The predicted molar refractivity (Wildman–Crippen MR) is 41.2 cm³/mol. The average molecular weight is 184 g/mol. The molecule has 0 radical (unpaired) electrons. The van der Waals surface area contributed by atoms with Crippen molar-refractivity contribution in [3.8, 4) is 0 Å². The van der Waals surface area contributed by atoms with Crippen LogP contribution in [0.25, 0.3) is 0 Å². The molecule has 1 unspecified atom stereocenters. The molecule has 0 aliphatic rings. The van der Waals surface area contributed by atoms with E-state index in [1.54, 1.807) is 0 Å². The zero-order valence-corrected chi connectivity index (χ0v) is 7.45. The molecule has 0 saturated heterocycles. The Morgan fingerprint density at radius 3 is 2.42 bits per heavy atom. The molecule has 0 aromatic rings. The minimum atomic E-state index is -2.78. The first-order valence-corrected chi connectivity index (χ1v) is 4.01. The van der Waals surface area contributed by atoms with Gasteiger partial charge in [-0.3, -0.25) is 0 Å². The lowest BCUT2D eigenvalue weighted by molar-refractivity contribution is -0.0632. The minimum absolute atomic E-state index is 0.206. The third kappa shape index (κ3) is 9.75. The van der Waals surface area contributed by atoms with Crippen LogP contribution in [-0.2, 0) is 4.74 Å². The normalized spacial score (nSPS) is 14.8. The van der Waals surface area contributed by atoms with Crippen LogP contribution in [0, 0.1) is 0 Å². The molecule has 1 atom stereocenters. The molecule has 0 N–H and O–H groups in total. The van der Waals surface area contributed by atoms with Crippen molar-refractivity contribution in [3.63, 3.8) is 0 Å². The number of hydrogen-bond donors (Lipinski definition) is 0. The Morgan fingerprint density at radius 1 is 1.42 bits per heavy atom. The first kappa shape index (κ1) is 11.8. The van der Waals surface area contributed by atoms with E-state index in [1.165, 1.54) is 6.92 Å². The summed E-state index contributed by atoms with van der Waals surface area (Å²) in [7, 11) is 0. The summed E-state index contributed by atoms with van der Waals surface area (Å²) in [5.41, 5.74) is 0. The Morgan fingerprint density at radius 2 is 2.00 bits per heavy atom. The van der Waals surface area contributed by atoms with Gasteiger partial charge >= 0.3 is 0 Å². The van der Waals surface area contributed by atoms with E-state index in [9.17, 15) is 13.2 Å². The van der Waals surface area contributed by atoms with Gasteiger partial charge in [0.25, 0.3) is 5.92 Å². The molecule has 12 heavy (non-hydrogen) atoms. The monoisotopic (exact) mass is 184 g/mol. The van der Waals surface area contributed by atoms with Gasteiger partial charge in [0.15, 0.2) is 0 Å². The Labute approximate surface area is 70.9 Å². The highest BCUT2D eigenvalue weighted by atomic mass is 19.3. The quantitative estimate of drug-likeness (QED) is 0.577. The van der Waals surface area contributed by atoms with E-state index >= 15 is 0 Å². The predicted octanol–water partition coefficient (Wildman–Crippen LogP) is 2.80. The highest BCUT2D eigenvalue weighted by molar-refractivity contribution is 4.55. The number of rotatable bonds is 6. The fourth-order valence-electron chi connectivity index (χ4n) is 0.718. The van der Waals surface area contributed by atoms with E-state index in [-0.39, 0.29) is 6.61 Å². The van der Waals surface area contributed by atoms with E-state index in [4.69, 9.17) is 0 Å². The van der Waals surface area contributed by atoms with Gasteiger partial charge < -0.3 is 4.74 Å². The van der Waals surface area contributed by atoms with Crippen LogP contribution in [0.5, 0.6) is 0 Å². The minimum Gasteiger partial charge on any atom is -0.375 e. The molecule has 0 spiro atoms. The molecule has 0 rings (SSSR count). The van der Waals surface area contributed by atoms with Crippen molar-refractivity contribution in [2.45, 2.75) is 38.8 Å². The van der Waals surface area contributed by atoms with E-state index in [2.05, 4.69) is 4.74 Å².